The van der Waals surface area contributed by atoms with Crippen LogP contribution in [0.2, 0.25) is 0 Å². The maximum Gasteiger partial charge on any atom is 0.0407 e. The molecule has 2 unspecified atom stereocenters. The van der Waals surface area contributed by atoms with Gasteiger partial charge in [-0.2, -0.15) is 12.6 Å². The molecule has 0 aromatic rings. The van der Waals surface area contributed by atoms with Gasteiger partial charge in [0.2, 0.25) is 0 Å². The second-order valence-electron chi connectivity index (χ2n) is 4.01. The molecular weight excluding hydrogens is 196 g/mol. The van der Waals surface area contributed by atoms with Crippen LogP contribution in [0, 0.1) is 5.92 Å². The molecule has 1 fully saturated rings. The molecular formula is C11H20S2. The van der Waals surface area contributed by atoms with Crippen LogP contribution in [0.3, 0.4) is 0 Å². The van der Waals surface area contributed by atoms with Crippen LogP contribution in [-0.4, -0.2) is 10.1 Å². The van der Waals surface area contributed by atoms with Crippen molar-refractivity contribution >= 4 is 29.7 Å². The van der Waals surface area contributed by atoms with Crippen LogP contribution in [0.1, 0.15) is 51.9 Å². The van der Waals surface area contributed by atoms with Gasteiger partial charge in [0.15, 0.2) is 0 Å². The first kappa shape index (κ1) is 11.5. The Hall–Kier alpha value is 0.440. The highest BCUT2D eigenvalue weighted by Crippen LogP contribution is 2.37. The van der Waals surface area contributed by atoms with E-state index in [1.807, 2.05) is 0 Å². The maximum absolute atomic E-state index is 5.14. The zero-order valence-corrected chi connectivity index (χ0v) is 10.2. The lowest BCUT2D eigenvalue weighted by Gasteiger charge is -1.98. The molecule has 1 saturated carbocycles. The van der Waals surface area contributed by atoms with Gasteiger partial charge in [-0.3, -0.25) is 0 Å². The maximum atomic E-state index is 5.14. The zero-order valence-electron chi connectivity index (χ0n) is 8.46. The van der Waals surface area contributed by atoms with Crippen molar-refractivity contribution in [1.29, 1.82) is 0 Å². The van der Waals surface area contributed by atoms with E-state index in [0.717, 1.165) is 0 Å². The Morgan fingerprint density at radius 1 is 1.15 bits per heavy atom. The Kier molecular flexibility index (Phi) is 5.34. The highest BCUT2D eigenvalue weighted by Gasteiger charge is 2.40. The van der Waals surface area contributed by atoms with E-state index in [2.05, 4.69) is 19.6 Å². The van der Waals surface area contributed by atoms with E-state index in [1.54, 1.807) is 0 Å². The molecule has 0 saturated heterocycles. The van der Waals surface area contributed by atoms with E-state index in [1.165, 1.54) is 49.8 Å². The second-order valence-corrected chi connectivity index (χ2v) is 5.04. The average Bonchev–Trinajstić information content (AvgIpc) is 2.68. The summed E-state index contributed by atoms with van der Waals surface area (Å²) in [6.45, 7) is 2.26. The number of rotatable bonds is 7. The second kappa shape index (κ2) is 6.02. The van der Waals surface area contributed by atoms with Crippen LogP contribution in [0.25, 0.3) is 0 Å². The third-order valence-electron chi connectivity index (χ3n) is 2.80. The molecule has 76 valence electrons. The lowest BCUT2D eigenvalue weighted by atomic mass is 10.1. The van der Waals surface area contributed by atoms with Crippen molar-refractivity contribution < 1.29 is 0 Å². The minimum atomic E-state index is 0.464. The van der Waals surface area contributed by atoms with E-state index in [0.29, 0.717) is 11.2 Å². The smallest absolute Gasteiger partial charge is 0.0407 e. The third kappa shape index (κ3) is 3.99. The SMILES string of the molecule is CCCCCCCCC1C(=S)C1S. The Bertz CT molecular complexity index is 165. The summed E-state index contributed by atoms with van der Waals surface area (Å²) >= 11 is 9.52. The van der Waals surface area contributed by atoms with Gasteiger partial charge in [0, 0.05) is 16.0 Å². The van der Waals surface area contributed by atoms with E-state index in [9.17, 15) is 0 Å². The first-order valence-electron chi connectivity index (χ1n) is 5.49. The molecule has 0 N–H and O–H groups in total. The fraction of sp³-hybridized carbons (Fsp3) is 0.909. The first-order valence-corrected chi connectivity index (χ1v) is 6.41. The molecule has 0 bridgehead atoms. The predicted octanol–water partition coefficient (Wildman–Crippen LogP) is 4.04. The summed E-state index contributed by atoms with van der Waals surface area (Å²) in [5.41, 5.74) is 0. The third-order valence-corrected chi connectivity index (χ3v) is 4.17. The van der Waals surface area contributed by atoms with Gasteiger partial charge in [-0.25, -0.2) is 0 Å². The molecule has 1 rings (SSSR count). The topological polar surface area (TPSA) is 0 Å². The van der Waals surface area contributed by atoms with E-state index in [-0.39, 0.29) is 0 Å². The standard InChI is InChI=1S/C11H20S2/c1-2-3-4-5-6-7-8-9-10(12)11(9)13/h9-10,12H,2-8H2,1H3. The minimum absolute atomic E-state index is 0.464. The Morgan fingerprint density at radius 3 is 2.23 bits per heavy atom. The van der Waals surface area contributed by atoms with Crippen molar-refractivity contribution in [3.63, 3.8) is 0 Å². The van der Waals surface area contributed by atoms with Gasteiger partial charge < -0.3 is 0 Å². The molecule has 13 heavy (non-hydrogen) atoms. The lowest BCUT2D eigenvalue weighted by molar-refractivity contribution is 0.578. The lowest BCUT2D eigenvalue weighted by Crippen LogP contribution is -1.83. The van der Waals surface area contributed by atoms with Crippen molar-refractivity contribution in [2.24, 2.45) is 5.92 Å². The molecule has 0 heterocycles. The summed E-state index contributed by atoms with van der Waals surface area (Å²) in [6, 6.07) is 0. The quantitative estimate of drug-likeness (QED) is 0.381. The van der Waals surface area contributed by atoms with Gasteiger partial charge in [0.1, 0.15) is 0 Å². The Morgan fingerprint density at radius 2 is 1.69 bits per heavy atom. The molecule has 0 aromatic carbocycles. The highest BCUT2D eigenvalue weighted by atomic mass is 32.1. The van der Waals surface area contributed by atoms with E-state index >= 15 is 0 Å². The van der Waals surface area contributed by atoms with Gasteiger partial charge in [-0.1, -0.05) is 57.7 Å². The zero-order chi connectivity index (χ0) is 9.68. The van der Waals surface area contributed by atoms with Crippen LogP contribution >= 0.6 is 24.8 Å². The molecule has 2 heteroatoms. The summed E-state index contributed by atoms with van der Waals surface area (Å²) < 4.78 is 0. The summed E-state index contributed by atoms with van der Waals surface area (Å²) in [4.78, 5) is 1.21. The van der Waals surface area contributed by atoms with Crippen LogP contribution in [0.4, 0.5) is 0 Å². The fourth-order valence-electron chi connectivity index (χ4n) is 1.72. The molecule has 0 aromatic heterocycles. The van der Waals surface area contributed by atoms with Gasteiger partial charge in [-0.05, 0) is 6.42 Å². The molecule has 0 radical (unpaired) electrons. The number of unbranched alkanes of at least 4 members (excludes halogenated alkanes) is 5. The molecule has 0 amide bonds. The van der Waals surface area contributed by atoms with Crippen molar-refractivity contribution in [3.8, 4) is 0 Å². The largest absolute Gasteiger partial charge is 0.170 e. The van der Waals surface area contributed by atoms with Crippen LogP contribution in [-0.2, 0) is 0 Å². The van der Waals surface area contributed by atoms with Gasteiger partial charge in [0.05, 0.1) is 0 Å². The minimum Gasteiger partial charge on any atom is -0.170 e. The fourth-order valence-corrected chi connectivity index (χ4v) is 2.59. The molecule has 2 atom stereocenters. The number of hydrogen-bond donors (Lipinski definition) is 1. The van der Waals surface area contributed by atoms with E-state index in [4.69, 9.17) is 12.2 Å². The molecule has 0 nitrogen and oxygen atoms in total. The summed E-state index contributed by atoms with van der Waals surface area (Å²) in [7, 11) is 0. The highest BCUT2D eigenvalue weighted by molar-refractivity contribution is 7.88. The Labute approximate surface area is 92.9 Å². The van der Waals surface area contributed by atoms with Crippen molar-refractivity contribution in [3.05, 3.63) is 0 Å². The molecule has 1 aliphatic carbocycles. The normalized spacial score (nSPS) is 26.5. The Balaban J connectivity index is 1.83. The number of thiol groups is 1. The van der Waals surface area contributed by atoms with Crippen LogP contribution < -0.4 is 0 Å². The summed E-state index contributed by atoms with van der Waals surface area (Å²) in [5, 5.41) is 0.464. The summed E-state index contributed by atoms with van der Waals surface area (Å²) in [6.07, 6.45) is 9.59. The monoisotopic (exact) mass is 216 g/mol. The molecule has 1 aliphatic rings. The first-order chi connectivity index (χ1) is 6.27. The number of thiocarbonyl (C=S) groups is 1. The predicted molar refractivity (Wildman–Crippen MR) is 66.9 cm³/mol. The van der Waals surface area contributed by atoms with Gasteiger partial charge >= 0.3 is 0 Å². The summed E-state index contributed by atoms with van der Waals surface area (Å²) in [5.74, 6) is 0.685. The van der Waals surface area contributed by atoms with Crippen molar-refractivity contribution in [2.45, 2.75) is 57.1 Å². The van der Waals surface area contributed by atoms with Crippen molar-refractivity contribution in [1.82, 2.24) is 0 Å². The van der Waals surface area contributed by atoms with Gasteiger partial charge in [0.25, 0.3) is 0 Å². The van der Waals surface area contributed by atoms with Crippen LogP contribution in [0.5, 0.6) is 0 Å². The molecule has 0 spiro atoms. The van der Waals surface area contributed by atoms with Crippen LogP contribution in [0.15, 0.2) is 0 Å². The van der Waals surface area contributed by atoms with E-state index < -0.39 is 0 Å². The van der Waals surface area contributed by atoms with Gasteiger partial charge in [-0.15, -0.1) is 0 Å². The average molecular weight is 216 g/mol. The number of hydrogen-bond acceptors (Lipinski definition) is 2. The molecule has 0 aliphatic heterocycles. The van der Waals surface area contributed by atoms with Crippen molar-refractivity contribution in [2.75, 3.05) is 0 Å².